The van der Waals surface area contributed by atoms with Crippen molar-refractivity contribution in [2.45, 2.75) is 0 Å². The van der Waals surface area contributed by atoms with Gasteiger partial charge in [0.15, 0.2) is 5.69 Å². The van der Waals surface area contributed by atoms with Crippen LogP contribution in [-0.4, -0.2) is 20.5 Å². The fraction of sp³-hybridized carbons (Fsp3) is 0. The molecule has 0 saturated heterocycles. The second-order valence-electron chi connectivity index (χ2n) is 2.63. The van der Waals surface area contributed by atoms with E-state index in [9.17, 15) is 4.79 Å². The minimum absolute atomic E-state index is 0.0509. The summed E-state index contributed by atoms with van der Waals surface area (Å²) in [6.45, 7) is 0. The summed E-state index contributed by atoms with van der Waals surface area (Å²) < 4.78 is 1.42. The minimum Gasteiger partial charge on any atom is -0.476 e. The lowest BCUT2D eigenvalue weighted by molar-refractivity contribution is 0.0691. The van der Waals surface area contributed by atoms with Crippen molar-refractivity contribution in [2.75, 3.05) is 0 Å². The number of hydrogen-bond donors (Lipinski definition) is 1. The molecule has 0 aromatic carbocycles. The standard InChI is InChI=1S/C8H4Cl2N2O2/c9-4-1-2-5-11-6(8(13)14)7(10)12(5)3-4/h1-3H,(H,13,14). The van der Waals surface area contributed by atoms with E-state index in [1.165, 1.54) is 10.6 Å². The van der Waals surface area contributed by atoms with Crippen molar-refractivity contribution < 1.29 is 9.90 Å². The van der Waals surface area contributed by atoms with Crippen LogP contribution in [0.15, 0.2) is 18.3 Å². The van der Waals surface area contributed by atoms with E-state index < -0.39 is 5.97 Å². The van der Waals surface area contributed by atoms with E-state index in [2.05, 4.69) is 4.98 Å². The molecule has 6 heteroatoms. The SMILES string of the molecule is O=C(O)c1nc2ccc(Cl)cn2c1Cl. The molecule has 0 fully saturated rings. The third-order valence-corrected chi connectivity index (χ3v) is 2.31. The lowest BCUT2D eigenvalue weighted by Crippen LogP contribution is -1.96. The summed E-state index contributed by atoms with van der Waals surface area (Å²) in [6.07, 6.45) is 1.51. The second kappa shape index (κ2) is 3.15. The van der Waals surface area contributed by atoms with E-state index in [0.29, 0.717) is 10.7 Å². The summed E-state index contributed by atoms with van der Waals surface area (Å²) in [6, 6.07) is 3.21. The van der Waals surface area contributed by atoms with Crippen molar-refractivity contribution in [3.63, 3.8) is 0 Å². The van der Waals surface area contributed by atoms with E-state index in [1.807, 2.05) is 0 Å². The number of carboxylic acids is 1. The zero-order valence-corrected chi connectivity index (χ0v) is 8.25. The molecule has 0 saturated carbocycles. The van der Waals surface area contributed by atoms with Gasteiger partial charge < -0.3 is 5.11 Å². The van der Waals surface area contributed by atoms with E-state index in [1.54, 1.807) is 12.1 Å². The number of imidazole rings is 1. The van der Waals surface area contributed by atoms with Crippen molar-refractivity contribution in [1.82, 2.24) is 9.38 Å². The molecule has 0 atom stereocenters. The monoisotopic (exact) mass is 230 g/mol. The summed E-state index contributed by atoms with van der Waals surface area (Å²) in [5.74, 6) is -1.16. The highest BCUT2D eigenvalue weighted by Gasteiger charge is 2.16. The van der Waals surface area contributed by atoms with Crippen LogP contribution in [0.3, 0.4) is 0 Å². The Bertz CT molecular complexity index is 521. The van der Waals surface area contributed by atoms with Crippen LogP contribution in [0.25, 0.3) is 5.65 Å². The van der Waals surface area contributed by atoms with E-state index in [4.69, 9.17) is 28.3 Å². The van der Waals surface area contributed by atoms with Gasteiger partial charge in [-0.25, -0.2) is 9.78 Å². The highest BCUT2D eigenvalue weighted by molar-refractivity contribution is 6.33. The molecule has 0 spiro atoms. The molecule has 0 radical (unpaired) electrons. The Kier molecular flexibility index (Phi) is 2.09. The van der Waals surface area contributed by atoms with Crippen LogP contribution in [0.4, 0.5) is 0 Å². The molecule has 2 aromatic rings. The van der Waals surface area contributed by atoms with Crippen LogP contribution in [-0.2, 0) is 0 Å². The summed E-state index contributed by atoms with van der Waals surface area (Å²) in [5, 5.41) is 9.26. The van der Waals surface area contributed by atoms with Crippen LogP contribution in [0, 0.1) is 0 Å². The number of aromatic nitrogens is 2. The molecule has 2 heterocycles. The fourth-order valence-corrected chi connectivity index (χ4v) is 1.55. The first-order valence-electron chi connectivity index (χ1n) is 3.66. The zero-order valence-electron chi connectivity index (χ0n) is 6.74. The maximum Gasteiger partial charge on any atom is 0.357 e. The lowest BCUT2D eigenvalue weighted by atomic mass is 10.5. The van der Waals surface area contributed by atoms with Gasteiger partial charge in [0.25, 0.3) is 0 Å². The number of pyridine rings is 1. The highest BCUT2D eigenvalue weighted by Crippen LogP contribution is 2.20. The molecule has 72 valence electrons. The van der Waals surface area contributed by atoms with E-state index in [-0.39, 0.29) is 10.8 Å². The molecule has 4 nitrogen and oxygen atoms in total. The average Bonchev–Trinajstić information content (AvgIpc) is 2.44. The van der Waals surface area contributed by atoms with Gasteiger partial charge in [0.1, 0.15) is 10.8 Å². The molecule has 1 N–H and O–H groups in total. The summed E-state index contributed by atoms with van der Waals surface area (Å²) in [5.41, 5.74) is 0.283. The third kappa shape index (κ3) is 1.32. The van der Waals surface area contributed by atoms with E-state index >= 15 is 0 Å². The summed E-state index contributed by atoms with van der Waals surface area (Å²) >= 11 is 11.5. The van der Waals surface area contributed by atoms with Gasteiger partial charge in [-0.3, -0.25) is 4.40 Å². The van der Waals surface area contributed by atoms with Crippen LogP contribution < -0.4 is 0 Å². The number of fused-ring (bicyclic) bond motifs is 1. The summed E-state index contributed by atoms with van der Waals surface area (Å²) in [4.78, 5) is 14.5. The molecule has 0 unspecified atom stereocenters. The quantitative estimate of drug-likeness (QED) is 0.819. The molecular weight excluding hydrogens is 227 g/mol. The Balaban J connectivity index is 2.80. The molecular formula is C8H4Cl2N2O2. The highest BCUT2D eigenvalue weighted by atomic mass is 35.5. The van der Waals surface area contributed by atoms with Gasteiger partial charge in [-0.2, -0.15) is 0 Å². The van der Waals surface area contributed by atoms with Crippen molar-refractivity contribution in [1.29, 1.82) is 0 Å². The number of carbonyl (C=O) groups is 1. The molecule has 2 rings (SSSR count). The third-order valence-electron chi connectivity index (χ3n) is 1.73. The van der Waals surface area contributed by atoms with Crippen LogP contribution in [0.2, 0.25) is 10.2 Å². The molecule has 2 aromatic heterocycles. The van der Waals surface area contributed by atoms with Gasteiger partial charge in [-0.15, -0.1) is 0 Å². The topological polar surface area (TPSA) is 54.6 Å². The van der Waals surface area contributed by atoms with Gasteiger partial charge >= 0.3 is 5.97 Å². The maximum atomic E-state index is 10.7. The number of hydrogen-bond acceptors (Lipinski definition) is 2. The predicted molar refractivity (Wildman–Crippen MR) is 52.2 cm³/mol. The first-order chi connectivity index (χ1) is 6.59. The van der Waals surface area contributed by atoms with Crippen LogP contribution in [0.5, 0.6) is 0 Å². The summed E-state index contributed by atoms with van der Waals surface area (Å²) in [7, 11) is 0. The van der Waals surface area contributed by atoms with Crippen LogP contribution >= 0.6 is 23.2 Å². The maximum absolute atomic E-state index is 10.7. The fourth-order valence-electron chi connectivity index (χ4n) is 1.13. The van der Waals surface area contributed by atoms with Gasteiger partial charge in [-0.05, 0) is 12.1 Å². The number of nitrogens with zero attached hydrogens (tertiary/aromatic N) is 2. The Morgan fingerprint density at radius 2 is 2.14 bits per heavy atom. The van der Waals surface area contributed by atoms with Gasteiger partial charge in [0.2, 0.25) is 0 Å². The largest absolute Gasteiger partial charge is 0.476 e. The minimum atomic E-state index is -1.16. The second-order valence-corrected chi connectivity index (χ2v) is 3.43. The Morgan fingerprint density at radius 1 is 1.43 bits per heavy atom. The Hall–Kier alpha value is -1.26. The van der Waals surface area contributed by atoms with Crippen LogP contribution in [0.1, 0.15) is 10.5 Å². The predicted octanol–water partition coefficient (Wildman–Crippen LogP) is 2.34. The molecule has 0 aliphatic rings. The normalized spacial score (nSPS) is 10.7. The Morgan fingerprint density at radius 3 is 2.79 bits per heavy atom. The van der Waals surface area contributed by atoms with Crippen molar-refractivity contribution in [3.05, 3.63) is 34.2 Å². The number of halogens is 2. The lowest BCUT2D eigenvalue weighted by Gasteiger charge is -1.94. The number of rotatable bonds is 1. The molecule has 14 heavy (non-hydrogen) atoms. The van der Waals surface area contributed by atoms with Gasteiger partial charge in [0, 0.05) is 6.20 Å². The van der Waals surface area contributed by atoms with Crippen molar-refractivity contribution in [3.8, 4) is 0 Å². The number of carboxylic acid groups (broad SMARTS) is 1. The zero-order chi connectivity index (χ0) is 10.3. The van der Waals surface area contributed by atoms with E-state index in [0.717, 1.165) is 0 Å². The molecule has 0 aliphatic heterocycles. The smallest absolute Gasteiger partial charge is 0.357 e. The molecule has 0 aliphatic carbocycles. The average molecular weight is 231 g/mol. The van der Waals surface area contributed by atoms with Gasteiger partial charge in [0.05, 0.1) is 5.02 Å². The van der Waals surface area contributed by atoms with Gasteiger partial charge in [-0.1, -0.05) is 23.2 Å². The Labute approximate surface area is 88.7 Å². The molecule has 0 amide bonds. The first-order valence-corrected chi connectivity index (χ1v) is 4.41. The first kappa shape index (κ1) is 9.30. The van der Waals surface area contributed by atoms with Crippen molar-refractivity contribution in [2.24, 2.45) is 0 Å². The van der Waals surface area contributed by atoms with Crippen molar-refractivity contribution >= 4 is 34.8 Å². The molecule has 0 bridgehead atoms. The number of aromatic carboxylic acids is 1.